The molecule has 0 spiro atoms. The predicted octanol–water partition coefficient (Wildman–Crippen LogP) is 2.88. The van der Waals surface area contributed by atoms with E-state index in [1.54, 1.807) is 0 Å². The topological polar surface area (TPSA) is 3.24 Å². The Balaban J connectivity index is 2.58. The van der Waals surface area contributed by atoms with Crippen LogP contribution in [0.1, 0.15) is 0 Å². The standard InChI is InChI=1S/C5H5.C3H8N.2ClH.Hf/c1-2-4-5-3-1;1-4(2)3;;;/h1-5H;1H2,2-3H3;2*1H;/q;;;;+2/p-2. The second-order valence-electron chi connectivity index (χ2n) is 3.29. The van der Waals surface area contributed by atoms with E-state index in [0.717, 1.165) is 4.30 Å². The van der Waals surface area contributed by atoms with E-state index in [1.807, 2.05) is 26.2 Å². The molecule has 0 radical (unpaired) electrons. The van der Waals surface area contributed by atoms with Gasteiger partial charge in [0.05, 0.1) is 0 Å². The maximum absolute atomic E-state index is 6.38. The number of hydrogen-bond donors (Lipinski definition) is 0. The van der Waals surface area contributed by atoms with Crippen molar-refractivity contribution in [3.63, 3.8) is 0 Å². The van der Waals surface area contributed by atoms with E-state index in [1.165, 1.54) is 0 Å². The molecule has 0 bridgehead atoms. The third kappa shape index (κ3) is 2.99. The van der Waals surface area contributed by atoms with Crippen LogP contribution in [0.5, 0.6) is 0 Å². The summed E-state index contributed by atoms with van der Waals surface area (Å²) >= 11 is -3.00. The van der Waals surface area contributed by atoms with Gasteiger partial charge in [-0.3, -0.25) is 0 Å². The van der Waals surface area contributed by atoms with E-state index in [9.17, 15) is 0 Å². The summed E-state index contributed by atoms with van der Waals surface area (Å²) in [4.78, 5) is 2.08. The third-order valence-electron chi connectivity index (χ3n) is 1.76. The van der Waals surface area contributed by atoms with Crippen LogP contribution >= 0.6 is 17.2 Å². The van der Waals surface area contributed by atoms with Crippen LogP contribution < -0.4 is 0 Å². The van der Waals surface area contributed by atoms with Crippen LogP contribution in [0.3, 0.4) is 0 Å². The van der Waals surface area contributed by atoms with Crippen molar-refractivity contribution in [1.29, 1.82) is 0 Å². The Morgan fingerprint density at radius 3 is 2.17 bits per heavy atom. The third-order valence-corrected chi connectivity index (χ3v) is 16.5. The van der Waals surface area contributed by atoms with Gasteiger partial charge in [0.25, 0.3) is 0 Å². The number of allylic oxidation sites excluding steroid dienone is 4. The van der Waals surface area contributed by atoms with Crippen LogP contribution in [0.2, 0.25) is 3.67 Å². The van der Waals surface area contributed by atoms with Gasteiger partial charge in [-0.1, -0.05) is 0 Å². The van der Waals surface area contributed by atoms with E-state index >= 15 is 0 Å². The van der Waals surface area contributed by atoms with Gasteiger partial charge in [-0.15, -0.1) is 0 Å². The van der Waals surface area contributed by atoms with Crippen LogP contribution in [0.25, 0.3) is 0 Å². The second-order valence-corrected chi connectivity index (χ2v) is 24.9. The first-order valence-corrected chi connectivity index (χ1v) is 17.4. The number of halogens is 2. The summed E-state index contributed by atoms with van der Waals surface area (Å²) < 4.78 is 1.25. The Bertz CT molecular complexity index is 199. The molecule has 12 heavy (non-hydrogen) atoms. The van der Waals surface area contributed by atoms with Crippen LogP contribution in [0.15, 0.2) is 24.3 Å². The van der Waals surface area contributed by atoms with Crippen LogP contribution in [-0.4, -0.2) is 23.3 Å². The van der Waals surface area contributed by atoms with Crippen LogP contribution in [-0.2, 0) is 17.6 Å². The predicted molar refractivity (Wildman–Crippen MR) is 52.3 cm³/mol. The van der Waals surface area contributed by atoms with Gasteiger partial charge in [-0.05, 0) is 0 Å². The Morgan fingerprint density at radius 1 is 1.25 bits per heavy atom. The average Bonchev–Trinajstić information content (AvgIpc) is 2.32. The molecule has 0 heterocycles. The van der Waals surface area contributed by atoms with Crippen molar-refractivity contribution >= 4 is 17.2 Å². The monoisotopic (exact) mass is 373 g/mol. The molecular weight excluding hydrogens is 359 g/mol. The van der Waals surface area contributed by atoms with Gasteiger partial charge in [-0.25, -0.2) is 0 Å². The van der Waals surface area contributed by atoms with Crippen molar-refractivity contribution in [3.8, 4) is 0 Å². The van der Waals surface area contributed by atoms with Gasteiger partial charge in [0.15, 0.2) is 0 Å². The first kappa shape index (κ1) is 11.0. The zero-order chi connectivity index (χ0) is 9.19. The Morgan fingerprint density at radius 2 is 1.75 bits per heavy atom. The van der Waals surface area contributed by atoms with Crippen molar-refractivity contribution in [2.24, 2.45) is 0 Å². The van der Waals surface area contributed by atoms with E-state index in [2.05, 4.69) is 17.1 Å². The molecule has 1 rings (SSSR count). The summed E-state index contributed by atoms with van der Waals surface area (Å²) in [5.74, 6) is 0. The SMILES string of the molecule is CN(C)[CH2][Hf]([Cl])([Cl])[CH]1C=CC=C1. The van der Waals surface area contributed by atoms with Gasteiger partial charge in [0.1, 0.15) is 0 Å². The summed E-state index contributed by atoms with van der Waals surface area (Å²) in [6, 6.07) is 0. The minimum absolute atomic E-state index is 0.364. The molecule has 1 aliphatic carbocycles. The van der Waals surface area contributed by atoms with Crippen LogP contribution in [0, 0.1) is 0 Å². The average molecular weight is 373 g/mol. The Labute approximate surface area is 85.5 Å². The van der Waals surface area contributed by atoms with Crippen LogP contribution in [0.4, 0.5) is 0 Å². The molecule has 1 aliphatic rings. The Hall–Kier alpha value is 0.890. The van der Waals surface area contributed by atoms with E-state index in [4.69, 9.17) is 17.2 Å². The molecule has 0 atom stereocenters. The molecule has 0 aromatic carbocycles. The van der Waals surface area contributed by atoms with Crippen molar-refractivity contribution < 1.29 is 17.6 Å². The van der Waals surface area contributed by atoms with Gasteiger partial charge in [-0.2, -0.15) is 0 Å². The van der Waals surface area contributed by atoms with Gasteiger partial charge in [0.2, 0.25) is 0 Å². The van der Waals surface area contributed by atoms with Gasteiger partial charge < -0.3 is 0 Å². The first-order chi connectivity index (χ1) is 5.52. The molecule has 0 saturated heterocycles. The van der Waals surface area contributed by atoms with Crippen molar-refractivity contribution in [2.75, 3.05) is 18.4 Å². The molecule has 0 N–H and O–H groups in total. The van der Waals surface area contributed by atoms with Crippen molar-refractivity contribution in [3.05, 3.63) is 24.3 Å². The zero-order valence-corrected chi connectivity index (χ0v) is 12.4. The molecule has 0 aromatic heterocycles. The Kier molecular flexibility index (Phi) is 4.03. The summed E-state index contributed by atoms with van der Waals surface area (Å²) in [5.41, 5.74) is 0. The molecule has 0 aromatic rings. The minimum atomic E-state index is -3.00. The molecule has 0 amide bonds. The molecule has 0 fully saturated rings. The number of rotatable bonds is 3. The van der Waals surface area contributed by atoms with Gasteiger partial charge in [0, 0.05) is 0 Å². The fourth-order valence-corrected chi connectivity index (χ4v) is 14.1. The summed E-state index contributed by atoms with van der Waals surface area (Å²) in [6.45, 7) is 0. The summed E-state index contributed by atoms with van der Waals surface area (Å²) in [5, 5.41) is 0. The molecule has 68 valence electrons. The first-order valence-electron chi connectivity index (χ1n) is 3.90. The molecule has 0 saturated carbocycles. The molecule has 0 unspecified atom stereocenters. The van der Waals surface area contributed by atoms with Gasteiger partial charge >= 0.3 is 86.0 Å². The normalized spacial score (nSPS) is 18.1. The quantitative estimate of drug-likeness (QED) is 0.689. The van der Waals surface area contributed by atoms with Crippen molar-refractivity contribution in [2.45, 2.75) is 3.67 Å². The number of nitrogens with zero attached hydrogens (tertiary/aromatic N) is 1. The van der Waals surface area contributed by atoms with E-state index in [0.29, 0.717) is 3.67 Å². The summed E-state index contributed by atoms with van der Waals surface area (Å²) in [6.07, 6.45) is 8.29. The van der Waals surface area contributed by atoms with E-state index in [-0.39, 0.29) is 0 Å². The van der Waals surface area contributed by atoms with E-state index < -0.39 is 17.6 Å². The molecule has 0 aliphatic heterocycles. The van der Waals surface area contributed by atoms with Crippen molar-refractivity contribution in [1.82, 2.24) is 4.90 Å². The molecular formula is C8H13Cl2HfN. The molecule has 1 nitrogen and oxygen atoms in total. The fourth-order valence-electron chi connectivity index (χ4n) is 1.24. The number of hydrogen-bond acceptors (Lipinski definition) is 1. The maximum atomic E-state index is 6.38. The molecule has 4 heteroatoms. The zero-order valence-electron chi connectivity index (χ0n) is 7.30. The second kappa shape index (κ2) is 4.41. The fraction of sp³-hybridized carbons (Fsp3) is 0.500. The summed E-state index contributed by atoms with van der Waals surface area (Å²) in [7, 11) is 16.8.